The molecule has 6 nitrogen and oxygen atoms in total. The number of nitrogens with one attached hydrogen (secondary N) is 1. The van der Waals surface area contributed by atoms with Crippen LogP contribution in [0.15, 0.2) is 82.7 Å². The first-order valence-corrected chi connectivity index (χ1v) is 10.9. The summed E-state index contributed by atoms with van der Waals surface area (Å²) in [6.07, 6.45) is 1.01. The molecule has 0 aromatic heterocycles. The van der Waals surface area contributed by atoms with Crippen molar-refractivity contribution in [2.45, 2.75) is 4.90 Å². The quantitative estimate of drug-likeness (QED) is 0.465. The van der Waals surface area contributed by atoms with Gasteiger partial charge in [-0.15, -0.1) is 0 Å². The Labute approximate surface area is 183 Å². The molecule has 4 rings (SSSR count). The Hall–Kier alpha value is -3.73. The van der Waals surface area contributed by atoms with Gasteiger partial charge in [0.1, 0.15) is 6.07 Å². The summed E-state index contributed by atoms with van der Waals surface area (Å²) in [5.74, 6) is -0.659. The number of carbonyl (C=O) groups excluding carboxylic acids is 2. The normalized spacial score (nSPS) is 13.2. The fourth-order valence-electron chi connectivity index (χ4n) is 3.32. The SMILES string of the molecule is N#CC(=CNc1cccc2c1C(=O)c1ccccc1C2=O)S(=O)(=O)c1ccc(Cl)cc1. The largest absolute Gasteiger partial charge is 0.359 e. The summed E-state index contributed by atoms with van der Waals surface area (Å²) in [4.78, 5) is 25.2. The molecule has 0 amide bonds. The zero-order valence-corrected chi connectivity index (χ0v) is 17.4. The molecular weight excluding hydrogens is 436 g/mol. The topological polar surface area (TPSA) is 104 Å². The van der Waals surface area contributed by atoms with Gasteiger partial charge in [0.15, 0.2) is 16.5 Å². The van der Waals surface area contributed by atoms with Crippen LogP contribution in [0.4, 0.5) is 5.69 Å². The molecule has 31 heavy (non-hydrogen) atoms. The fourth-order valence-corrected chi connectivity index (χ4v) is 4.53. The van der Waals surface area contributed by atoms with Gasteiger partial charge < -0.3 is 5.32 Å². The molecule has 0 fully saturated rings. The molecule has 0 saturated heterocycles. The fraction of sp³-hybridized carbons (Fsp3) is 0. The van der Waals surface area contributed by atoms with Gasteiger partial charge in [0.05, 0.1) is 16.1 Å². The lowest BCUT2D eigenvalue weighted by Crippen LogP contribution is -2.22. The lowest BCUT2D eigenvalue weighted by Gasteiger charge is -2.20. The highest BCUT2D eigenvalue weighted by molar-refractivity contribution is 7.95. The zero-order valence-electron chi connectivity index (χ0n) is 15.8. The second-order valence-corrected chi connectivity index (χ2v) is 9.01. The first kappa shape index (κ1) is 20.5. The number of hydrogen-bond acceptors (Lipinski definition) is 6. The molecule has 1 aliphatic rings. The molecule has 1 N–H and O–H groups in total. The van der Waals surface area contributed by atoms with Crippen molar-refractivity contribution in [2.75, 3.05) is 5.32 Å². The number of benzene rings is 3. The van der Waals surface area contributed by atoms with E-state index in [-0.39, 0.29) is 38.8 Å². The highest BCUT2D eigenvalue weighted by Gasteiger charge is 2.31. The molecule has 0 unspecified atom stereocenters. The monoisotopic (exact) mass is 448 g/mol. The molecule has 1 aliphatic carbocycles. The van der Waals surface area contributed by atoms with E-state index in [2.05, 4.69) is 5.32 Å². The lowest BCUT2D eigenvalue weighted by atomic mass is 9.83. The standard InChI is InChI=1S/C23H13ClN2O4S/c24-14-8-10-15(11-9-14)31(29,30)16(12-25)13-26-20-7-3-6-19-21(20)23(28)18-5-2-1-4-17(18)22(19)27/h1-11,13,26H. The Morgan fingerprint density at radius 2 is 1.48 bits per heavy atom. The first-order valence-electron chi connectivity index (χ1n) is 9.03. The van der Waals surface area contributed by atoms with Crippen LogP contribution in [0.5, 0.6) is 0 Å². The molecule has 0 atom stereocenters. The molecule has 0 saturated carbocycles. The summed E-state index contributed by atoms with van der Waals surface area (Å²) in [6, 6.07) is 18.2. The maximum atomic E-state index is 13.0. The van der Waals surface area contributed by atoms with Gasteiger partial charge >= 0.3 is 0 Å². The van der Waals surface area contributed by atoms with Gasteiger partial charge in [0.25, 0.3) is 0 Å². The van der Waals surface area contributed by atoms with Gasteiger partial charge in [-0.25, -0.2) is 8.42 Å². The number of fused-ring (bicyclic) bond motifs is 2. The average molecular weight is 449 g/mol. The van der Waals surface area contributed by atoms with Crippen LogP contribution in [0.25, 0.3) is 0 Å². The Morgan fingerprint density at radius 1 is 0.871 bits per heavy atom. The van der Waals surface area contributed by atoms with Crippen molar-refractivity contribution in [2.24, 2.45) is 0 Å². The number of halogens is 1. The third kappa shape index (κ3) is 3.52. The molecule has 0 heterocycles. The summed E-state index contributed by atoms with van der Waals surface area (Å²) in [7, 11) is -4.11. The van der Waals surface area contributed by atoms with Crippen molar-refractivity contribution in [3.63, 3.8) is 0 Å². The summed E-state index contributed by atoms with van der Waals surface area (Å²) < 4.78 is 25.5. The number of carbonyl (C=O) groups is 2. The highest BCUT2D eigenvalue weighted by atomic mass is 35.5. The second kappa shape index (κ2) is 7.84. The van der Waals surface area contributed by atoms with Gasteiger partial charge in [0, 0.05) is 27.9 Å². The molecule has 0 spiro atoms. The van der Waals surface area contributed by atoms with Crippen molar-refractivity contribution in [1.29, 1.82) is 5.26 Å². The minimum absolute atomic E-state index is 0.0956. The van der Waals surface area contributed by atoms with Crippen molar-refractivity contribution in [3.05, 3.63) is 105 Å². The van der Waals surface area contributed by atoms with Crippen LogP contribution in [0.3, 0.4) is 0 Å². The van der Waals surface area contributed by atoms with E-state index in [0.29, 0.717) is 10.6 Å². The van der Waals surface area contributed by atoms with E-state index in [9.17, 15) is 23.3 Å². The molecule has 0 aliphatic heterocycles. The summed E-state index contributed by atoms with van der Waals surface area (Å²) in [6.45, 7) is 0. The van der Waals surface area contributed by atoms with Crippen LogP contribution < -0.4 is 5.32 Å². The van der Waals surface area contributed by atoms with Gasteiger partial charge in [0.2, 0.25) is 9.84 Å². The van der Waals surface area contributed by atoms with Gasteiger partial charge in [-0.1, -0.05) is 48.0 Å². The number of rotatable bonds is 4. The first-order chi connectivity index (χ1) is 14.8. The van der Waals surface area contributed by atoms with Crippen LogP contribution in [-0.2, 0) is 9.84 Å². The van der Waals surface area contributed by atoms with E-state index < -0.39 is 14.7 Å². The number of nitriles is 1. The van der Waals surface area contributed by atoms with Crippen molar-refractivity contribution in [3.8, 4) is 6.07 Å². The molecule has 3 aromatic carbocycles. The summed E-state index contributed by atoms with van der Waals surface area (Å²) >= 11 is 5.80. The number of hydrogen-bond donors (Lipinski definition) is 1. The van der Waals surface area contributed by atoms with Crippen LogP contribution in [0, 0.1) is 11.3 Å². The van der Waals surface area contributed by atoms with E-state index in [1.807, 2.05) is 0 Å². The van der Waals surface area contributed by atoms with Crippen molar-refractivity contribution < 1.29 is 18.0 Å². The molecule has 8 heteroatoms. The predicted octanol–water partition coefficient (Wildman–Crippen LogP) is 4.37. The number of anilines is 1. The average Bonchev–Trinajstić information content (AvgIpc) is 2.78. The lowest BCUT2D eigenvalue weighted by molar-refractivity contribution is 0.0979. The molecular formula is C23H13ClN2O4S. The predicted molar refractivity (Wildman–Crippen MR) is 116 cm³/mol. The Bertz CT molecular complexity index is 1420. The Morgan fingerprint density at radius 3 is 2.13 bits per heavy atom. The van der Waals surface area contributed by atoms with Crippen LogP contribution in [-0.4, -0.2) is 20.0 Å². The molecule has 152 valence electrons. The van der Waals surface area contributed by atoms with Crippen LogP contribution >= 0.6 is 11.6 Å². The Kier molecular flexibility index (Phi) is 5.19. The van der Waals surface area contributed by atoms with Crippen LogP contribution in [0.1, 0.15) is 31.8 Å². The highest BCUT2D eigenvalue weighted by Crippen LogP contribution is 2.32. The van der Waals surface area contributed by atoms with E-state index in [1.165, 1.54) is 30.3 Å². The smallest absolute Gasteiger partial charge is 0.218 e. The second-order valence-electron chi connectivity index (χ2n) is 6.65. The van der Waals surface area contributed by atoms with Crippen molar-refractivity contribution >= 4 is 38.7 Å². The summed E-state index contributed by atoms with van der Waals surface area (Å²) in [5, 5.41) is 12.5. The Balaban J connectivity index is 1.75. The van der Waals surface area contributed by atoms with E-state index in [0.717, 1.165) is 6.20 Å². The summed E-state index contributed by atoms with van der Waals surface area (Å²) in [5.41, 5.74) is 1.15. The maximum absolute atomic E-state index is 13.0. The van der Waals surface area contributed by atoms with Crippen molar-refractivity contribution in [1.82, 2.24) is 0 Å². The maximum Gasteiger partial charge on any atom is 0.218 e. The van der Waals surface area contributed by atoms with E-state index in [4.69, 9.17) is 11.6 Å². The van der Waals surface area contributed by atoms with Gasteiger partial charge in [-0.05, 0) is 30.3 Å². The third-order valence-electron chi connectivity index (χ3n) is 4.83. The number of nitrogens with zero attached hydrogens (tertiary/aromatic N) is 1. The van der Waals surface area contributed by atoms with E-state index in [1.54, 1.807) is 42.5 Å². The van der Waals surface area contributed by atoms with Gasteiger partial charge in [-0.3, -0.25) is 9.59 Å². The van der Waals surface area contributed by atoms with Crippen LogP contribution in [0.2, 0.25) is 5.02 Å². The third-order valence-corrected chi connectivity index (χ3v) is 6.77. The molecule has 3 aromatic rings. The molecule has 0 bridgehead atoms. The number of sulfone groups is 1. The minimum atomic E-state index is -4.11. The van der Waals surface area contributed by atoms with E-state index >= 15 is 0 Å². The number of ketones is 2. The minimum Gasteiger partial charge on any atom is -0.359 e. The number of allylic oxidation sites excluding steroid dienone is 1. The zero-order chi connectivity index (χ0) is 22.2. The molecule has 0 radical (unpaired) electrons. The van der Waals surface area contributed by atoms with Gasteiger partial charge in [-0.2, -0.15) is 5.26 Å².